The van der Waals surface area contributed by atoms with Crippen LogP contribution in [0.2, 0.25) is 0 Å². The summed E-state index contributed by atoms with van der Waals surface area (Å²) in [4.78, 5) is 25.5. The number of carbonyl (C=O) groups is 2. The van der Waals surface area contributed by atoms with Gasteiger partial charge in [-0.25, -0.2) is 0 Å². The molecule has 0 unspecified atom stereocenters. The van der Waals surface area contributed by atoms with Crippen LogP contribution in [0.3, 0.4) is 0 Å². The molecule has 0 saturated carbocycles. The molecule has 1 amide bonds. The second-order valence-electron chi connectivity index (χ2n) is 5.29. The molecule has 0 aromatic heterocycles. The van der Waals surface area contributed by atoms with Gasteiger partial charge in [-0.15, -0.1) is 0 Å². The quantitative estimate of drug-likeness (QED) is 0.619. The van der Waals surface area contributed by atoms with Crippen molar-refractivity contribution in [1.82, 2.24) is 5.32 Å². The highest BCUT2D eigenvalue weighted by Gasteiger charge is 2.37. The number of hydrogen-bond donors (Lipinski definition) is 2. The third-order valence-corrected chi connectivity index (χ3v) is 3.58. The molecule has 0 atom stereocenters. The average Bonchev–Trinajstić information content (AvgIpc) is 2.33. The summed E-state index contributed by atoms with van der Waals surface area (Å²) in [6, 6.07) is 5.33. The maximum absolute atomic E-state index is 11.9. The van der Waals surface area contributed by atoms with Crippen LogP contribution in [-0.2, 0) is 4.79 Å². The fourth-order valence-corrected chi connectivity index (χ4v) is 2.37. The maximum Gasteiger partial charge on any atom is 0.245 e. The number of nitrogens with two attached hydrogens (primary N) is 1. The Morgan fingerprint density at radius 3 is 2.74 bits per heavy atom. The van der Waals surface area contributed by atoms with Gasteiger partial charge < -0.3 is 16.0 Å². The molecule has 19 heavy (non-hydrogen) atoms. The van der Waals surface area contributed by atoms with E-state index in [1.807, 2.05) is 24.8 Å². The molecule has 3 N–H and O–H groups in total. The Morgan fingerprint density at radius 2 is 2.11 bits per heavy atom. The van der Waals surface area contributed by atoms with Gasteiger partial charge in [-0.05, 0) is 39.0 Å². The minimum atomic E-state index is -0.636. The van der Waals surface area contributed by atoms with Gasteiger partial charge in [-0.1, -0.05) is 0 Å². The van der Waals surface area contributed by atoms with Crippen molar-refractivity contribution in [3.8, 4) is 0 Å². The molecule has 1 aliphatic rings. The monoisotopic (exact) mass is 261 g/mol. The average molecular weight is 261 g/mol. The number of nitrogens with zero attached hydrogens (tertiary/aromatic N) is 1. The molecular weight excluding hydrogens is 242 g/mol. The molecule has 0 spiro atoms. The van der Waals surface area contributed by atoms with Gasteiger partial charge in [0.1, 0.15) is 5.54 Å². The van der Waals surface area contributed by atoms with Crippen molar-refractivity contribution in [3.63, 3.8) is 0 Å². The van der Waals surface area contributed by atoms with Gasteiger partial charge in [0.25, 0.3) is 0 Å². The van der Waals surface area contributed by atoms with Crippen molar-refractivity contribution in [2.24, 2.45) is 0 Å². The molecule has 1 heterocycles. The summed E-state index contributed by atoms with van der Waals surface area (Å²) in [6.45, 7) is 6.53. The van der Waals surface area contributed by atoms with Crippen molar-refractivity contribution in [2.45, 2.75) is 26.3 Å². The summed E-state index contributed by atoms with van der Waals surface area (Å²) in [5.41, 5.74) is 6.97. The highest BCUT2D eigenvalue weighted by Crippen LogP contribution is 2.29. The predicted molar refractivity (Wildman–Crippen MR) is 75.3 cm³/mol. The largest absolute Gasteiger partial charge is 0.398 e. The molecule has 5 nitrogen and oxygen atoms in total. The molecular formula is C14H19N3O2. The lowest BCUT2D eigenvalue weighted by molar-refractivity contribution is -0.126. The maximum atomic E-state index is 11.9. The fourth-order valence-electron chi connectivity index (χ4n) is 2.37. The Kier molecular flexibility index (Phi) is 3.22. The number of benzene rings is 1. The Balaban J connectivity index is 2.44. The van der Waals surface area contributed by atoms with Crippen molar-refractivity contribution in [3.05, 3.63) is 23.8 Å². The highest BCUT2D eigenvalue weighted by molar-refractivity contribution is 6.00. The van der Waals surface area contributed by atoms with Gasteiger partial charge in [-0.3, -0.25) is 9.59 Å². The standard InChI is InChI=1S/C14H19N3O2/c1-9(18)11-8-10(4-5-12(11)15)17-7-6-16-13(19)14(17,2)3/h4-5,8H,6-7,15H2,1-3H3,(H,16,19). The predicted octanol–water partition coefficient (Wildman–Crippen LogP) is 1.19. The van der Waals surface area contributed by atoms with Crippen LogP contribution in [0.1, 0.15) is 31.1 Å². The number of amides is 1. The fraction of sp³-hybridized carbons (Fsp3) is 0.429. The molecule has 0 radical (unpaired) electrons. The van der Waals surface area contributed by atoms with E-state index in [2.05, 4.69) is 5.32 Å². The molecule has 0 aliphatic carbocycles. The molecule has 5 heteroatoms. The van der Waals surface area contributed by atoms with Crippen molar-refractivity contribution >= 4 is 23.1 Å². The van der Waals surface area contributed by atoms with E-state index in [9.17, 15) is 9.59 Å². The third kappa shape index (κ3) is 2.28. The van der Waals surface area contributed by atoms with Gasteiger partial charge in [0.2, 0.25) is 5.91 Å². The van der Waals surface area contributed by atoms with Crippen LogP contribution in [0.25, 0.3) is 0 Å². The molecule has 1 aromatic carbocycles. The first kappa shape index (κ1) is 13.4. The Morgan fingerprint density at radius 1 is 1.42 bits per heavy atom. The normalized spacial score (nSPS) is 18.1. The summed E-state index contributed by atoms with van der Waals surface area (Å²) in [5.74, 6) is -0.0847. The van der Waals surface area contributed by atoms with E-state index >= 15 is 0 Å². The summed E-state index contributed by atoms with van der Waals surface area (Å²) in [7, 11) is 0. The molecule has 1 saturated heterocycles. The number of anilines is 2. The zero-order valence-electron chi connectivity index (χ0n) is 11.5. The number of nitrogens with one attached hydrogen (secondary N) is 1. The van der Waals surface area contributed by atoms with Crippen molar-refractivity contribution < 1.29 is 9.59 Å². The van der Waals surface area contributed by atoms with Crippen LogP contribution in [0, 0.1) is 0 Å². The van der Waals surface area contributed by atoms with E-state index in [1.54, 1.807) is 12.1 Å². The zero-order chi connectivity index (χ0) is 14.2. The van der Waals surface area contributed by atoms with E-state index in [1.165, 1.54) is 6.92 Å². The van der Waals surface area contributed by atoms with E-state index in [4.69, 9.17) is 5.73 Å². The minimum absolute atomic E-state index is 0.0139. The molecule has 102 valence electrons. The lowest BCUT2D eigenvalue weighted by atomic mass is 9.97. The van der Waals surface area contributed by atoms with E-state index in [0.717, 1.165) is 5.69 Å². The molecule has 1 aliphatic heterocycles. The SMILES string of the molecule is CC(=O)c1cc(N2CCNC(=O)C2(C)C)ccc1N. The molecule has 1 fully saturated rings. The first-order valence-electron chi connectivity index (χ1n) is 6.30. The molecule has 0 bridgehead atoms. The lowest BCUT2D eigenvalue weighted by Gasteiger charge is -2.43. The number of nitrogen functional groups attached to an aromatic ring is 1. The van der Waals surface area contributed by atoms with Crippen molar-refractivity contribution in [1.29, 1.82) is 0 Å². The Labute approximate surface area is 112 Å². The Bertz CT molecular complexity index is 537. The van der Waals surface area contributed by atoms with Gasteiger partial charge in [0.05, 0.1) is 0 Å². The van der Waals surface area contributed by atoms with Crippen LogP contribution < -0.4 is 16.0 Å². The molecule has 2 rings (SSSR count). The summed E-state index contributed by atoms with van der Waals surface area (Å²) >= 11 is 0. The van der Waals surface area contributed by atoms with Gasteiger partial charge in [0, 0.05) is 30.0 Å². The number of piperazine rings is 1. The number of carbonyl (C=O) groups excluding carboxylic acids is 2. The lowest BCUT2D eigenvalue weighted by Crippen LogP contribution is -2.62. The highest BCUT2D eigenvalue weighted by atomic mass is 16.2. The second kappa shape index (κ2) is 4.57. The number of ketones is 1. The van der Waals surface area contributed by atoms with Gasteiger partial charge in [-0.2, -0.15) is 0 Å². The van der Waals surface area contributed by atoms with E-state index < -0.39 is 5.54 Å². The number of hydrogen-bond acceptors (Lipinski definition) is 4. The van der Waals surface area contributed by atoms with Crippen LogP contribution in [0.5, 0.6) is 0 Å². The minimum Gasteiger partial charge on any atom is -0.398 e. The summed E-state index contributed by atoms with van der Waals surface area (Å²) in [5, 5.41) is 2.85. The Hall–Kier alpha value is -2.04. The van der Waals surface area contributed by atoms with Gasteiger partial charge in [0.15, 0.2) is 5.78 Å². The third-order valence-electron chi connectivity index (χ3n) is 3.58. The van der Waals surface area contributed by atoms with Crippen LogP contribution in [-0.4, -0.2) is 30.3 Å². The van der Waals surface area contributed by atoms with E-state index in [-0.39, 0.29) is 11.7 Å². The topological polar surface area (TPSA) is 75.4 Å². The zero-order valence-corrected chi connectivity index (χ0v) is 11.5. The van der Waals surface area contributed by atoms with Crippen molar-refractivity contribution in [2.75, 3.05) is 23.7 Å². The second-order valence-corrected chi connectivity index (χ2v) is 5.29. The number of rotatable bonds is 2. The molecule has 1 aromatic rings. The first-order chi connectivity index (χ1) is 8.84. The van der Waals surface area contributed by atoms with Crippen LogP contribution in [0.4, 0.5) is 11.4 Å². The summed E-state index contributed by atoms with van der Waals surface area (Å²) in [6.07, 6.45) is 0. The summed E-state index contributed by atoms with van der Waals surface area (Å²) < 4.78 is 0. The van der Waals surface area contributed by atoms with E-state index in [0.29, 0.717) is 24.3 Å². The van der Waals surface area contributed by atoms with Crippen LogP contribution in [0.15, 0.2) is 18.2 Å². The number of Topliss-reactive ketones (excluding diaryl/α,β-unsaturated/α-hetero) is 1. The smallest absolute Gasteiger partial charge is 0.245 e. The van der Waals surface area contributed by atoms with Crippen LogP contribution >= 0.6 is 0 Å². The first-order valence-corrected chi connectivity index (χ1v) is 6.30. The van der Waals surface area contributed by atoms with Gasteiger partial charge >= 0.3 is 0 Å².